The highest BCUT2D eigenvalue weighted by atomic mass is 32.2. The van der Waals surface area contributed by atoms with Gasteiger partial charge in [-0.15, -0.1) is 11.3 Å². The van der Waals surface area contributed by atoms with Crippen molar-refractivity contribution in [3.63, 3.8) is 0 Å². The van der Waals surface area contributed by atoms with Crippen molar-refractivity contribution in [2.24, 2.45) is 0 Å². The Labute approximate surface area is 139 Å². The second kappa shape index (κ2) is 6.09. The van der Waals surface area contributed by atoms with E-state index in [2.05, 4.69) is 20.0 Å². The van der Waals surface area contributed by atoms with Crippen LogP contribution >= 0.6 is 11.3 Å². The van der Waals surface area contributed by atoms with Crippen molar-refractivity contribution in [3.05, 3.63) is 39.8 Å². The quantitative estimate of drug-likeness (QED) is 0.606. The number of likely N-dealkylation sites (N-methyl/N-ethyl adjacent to an activating group) is 1. The van der Waals surface area contributed by atoms with E-state index < -0.39 is 15.8 Å². The zero-order chi connectivity index (χ0) is 17.3. The molecule has 2 aromatic heterocycles. The van der Waals surface area contributed by atoms with Crippen LogP contribution in [0.25, 0.3) is 11.1 Å². The molecule has 0 saturated heterocycles. The second-order valence-corrected chi connectivity index (χ2v) is 7.31. The molecule has 9 nitrogen and oxygen atoms in total. The standard InChI is InChI=1S/C13H12N4O5S2/c1-14-11(18)4-7-6-23-12(15-7)17-24(20,21)8-2-3-10-9(5-8)16-13(19)22-10/h2-3,5-6H,4H2,1H3,(H,14,18)(H,15,17)(H,16,19). The van der Waals surface area contributed by atoms with E-state index >= 15 is 0 Å². The van der Waals surface area contributed by atoms with Crippen LogP contribution in [0.5, 0.6) is 0 Å². The number of aromatic nitrogens is 2. The van der Waals surface area contributed by atoms with Gasteiger partial charge in [-0.3, -0.25) is 14.5 Å². The largest absolute Gasteiger partial charge is 0.417 e. The summed E-state index contributed by atoms with van der Waals surface area (Å²) in [6, 6.07) is 4.00. The smallest absolute Gasteiger partial charge is 0.408 e. The molecule has 3 aromatic rings. The number of thiazole rings is 1. The number of aromatic amines is 1. The summed E-state index contributed by atoms with van der Waals surface area (Å²) < 4.78 is 32.0. The fraction of sp³-hybridized carbons (Fsp3) is 0.154. The van der Waals surface area contributed by atoms with E-state index in [9.17, 15) is 18.0 Å². The van der Waals surface area contributed by atoms with Gasteiger partial charge >= 0.3 is 5.76 Å². The first-order valence-electron chi connectivity index (χ1n) is 6.68. The highest BCUT2D eigenvalue weighted by molar-refractivity contribution is 7.93. The Morgan fingerprint density at radius 1 is 1.42 bits per heavy atom. The molecular weight excluding hydrogens is 356 g/mol. The van der Waals surface area contributed by atoms with Crippen LogP contribution in [0.1, 0.15) is 5.69 Å². The number of hydrogen-bond acceptors (Lipinski definition) is 7. The maximum absolute atomic E-state index is 12.4. The van der Waals surface area contributed by atoms with Crippen LogP contribution in [0.3, 0.4) is 0 Å². The van der Waals surface area contributed by atoms with Crippen LogP contribution in [0.15, 0.2) is 37.7 Å². The lowest BCUT2D eigenvalue weighted by molar-refractivity contribution is -0.120. The van der Waals surface area contributed by atoms with Gasteiger partial charge in [0.2, 0.25) is 5.91 Å². The number of nitrogens with zero attached hydrogens (tertiary/aromatic N) is 1. The van der Waals surface area contributed by atoms with E-state index in [-0.39, 0.29) is 33.5 Å². The summed E-state index contributed by atoms with van der Waals surface area (Å²) >= 11 is 1.07. The lowest BCUT2D eigenvalue weighted by Gasteiger charge is -2.04. The normalized spacial score (nSPS) is 11.5. The monoisotopic (exact) mass is 368 g/mol. The summed E-state index contributed by atoms with van der Waals surface area (Å²) in [5.74, 6) is -0.879. The fourth-order valence-corrected chi connectivity index (χ4v) is 3.95. The maximum Gasteiger partial charge on any atom is 0.417 e. The van der Waals surface area contributed by atoms with Gasteiger partial charge in [0, 0.05) is 12.4 Å². The van der Waals surface area contributed by atoms with Crippen LogP contribution < -0.4 is 15.8 Å². The molecule has 0 aliphatic carbocycles. The van der Waals surface area contributed by atoms with Crippen LogP contribution in [-0.2, 0) is 21.2 Å². The van der Waals surface area contributed by atoms with Crippen LogP contribution in [-0.4, -0.2) is 31.3 Å². The first-order valence-corrected chi connectivity index (χ1v) is 9.04. The molecule has 3 N–H and O–H groups in total. The lowest BCUT2D eigenvalue weighted by atomic mass is 10.3. The number of anilines is 1. The highest BCUT2D eigenvalue weighted by Crippen LogP contribution is 2.22. The van der Waals surface area contributed by atoms with Gasteiger partial charge in [0.05, 0.1) is 22.5 Å². The zero-order valence-corrected chi connectivity index (χ0v) is 14.0. The predicted molar refractivity (Wildman–Crippen MR) is 87.5 cm³/mol. The first-order chi connectivity index (χ1) is 11.4. The Balaban J connectivity index is 1.84. The van der Waals surface area contributed by atoms with Crippen molar-refractivity contribution >= 4 is 43.5 Å². The summed E-state index contributed by atoms with van der Waals surface area (Å²) in [6.07, 6.45) is 0.0664. The van der Waals surface area contributed by atoms with E-state index in [1.54, 1.807) is 5.38 Å². The van der Waals surface area contributed by atoms with Crippen LogP contribution in [0.4, 0.5) is 5.13 Å². The van der Waals surface area contributed by atoms with Crippen LogP contribution in [0.2, 0.25) is 0 Å². The molecule has 0 fully saturated rings. The molecule has 2 heterocycles. The van der Waals surface area contributed by atoms with Gasteiger partial charge in [0.25, 0.3) is 10.0 Å². The van der Waals surface area contributed by atoms with Crippen molar-refractivity contribution < 1.29 is 17.6 Å². The van der Waals surface area contributed by atoms with Crippen molar-refractivity contribution in [3.8, 4) is 0 Å². The van der Waals surface area contributed by atoms with Gasteiger partial charge in [-0.25, -0.2) is 18.2 Å². The Morgan fingerprint density at radius 2 is 2.21 bits per heavy atom. The fourth-order valence-electron chi connectivity index (χ4n) is 1.96. The van der Waals surface area contributed by atoms with E-state index in [4.69, 9.17) is 4.42 Å². The molecule has 0 unspecified atom stereocenters. The van der Waals surface area contributed by atoms with Gasteiger partial charge in [-0.05, 0) is 18.2 Å². The number of H-pyrrole nitrogens is 1. The molecule has 0 aliphatic heterocycles. The van der Waals surface area contributed by atoms with Gasteiger partial charge in [0.15, 0.2) is 10.7 Å². The van der Waals surface area contributed by atoms with Crippen molar-refractivity contribution in [2.45, 2.75) is 11.3 Å². The Morgan fingerprint density at radius 3 is 2.96 bits per heavy atom. The summed E-state index contributed by atoms with van der Waals surface area (Å²) in [5, 5.41) is 4.21. The minimum atomic E-state index is -3.88. The van der Waals surface area contributed by atoms with Gasteiger partial charge in [0.1, 0.15) is 0 Å². The molecule has 0 aliphatic rings. The number of nitrogens with one attached hydrogen (secondary N) is 3. The van der Waals surface area contributed by atoms with Crippen LogP contribution in [0, 0.1) is 0 Å². The summed E-state index contributed by atoms with van der Waals surface area (Å²) in [5.41, 5.74) is 1.01. The molecule has 1 amide bonds. The summed E-state index contributed by atoms with van der Waals surface area (Å²) in [7, 11) is -2.37. The zero-order valence-electron chi connectivity index (χ0n) is 12.3. The minimum Gasteiger partial charge on any atom is -0.408 e. The number of sulfonamides is 1. The van der Waals surface area contributed by atoms with E-state index in [0.717, 1.165) is 11.3 Å². The average molecular weight is 368 g/mol. The molecule has 0 spiro atoms. The van der Waals surface area contributed by atoms with Crippen molar-refractivity contribution in [1.29, 1.82) is 0 Å². The third-order valence-electron chi connectivity index (χ3n) is 3.09. The number of oxazole rings is 1. The summed E-state index contributed by atoms with van der Waals surface area (Å²) in [6.45, 7) is 0. The van der Waals surface area contributed by atoms with Crippen molar-refractivity contribution in [1.82, 2.24) is 15.3 Å². The van der Waals surface area contributed by atoms with Crippen molar-refractivity contribution in [2.75, 3.05) is 11.8 Å². The first kappa shape index (κ1) is 16.2. The molecular formula is C13H12N4O5S2. The number of carbonyl (C=O) groups is 1. The Kier molecular flexibility index (Phi) is 4.11. The topological polar surface area (TPSA) is 134 Å². The molecule has 1 aromatic carbocycles. The number of fused-ring (bicyclic) bond motifs is 1. The summed E-state index contributed by atoms with van der Waals surface area (Å²) in [4.78, 5) is 28.8. The molecule has 0 radical (unpaired) electrons. The SMILES string of the molecule is CNC(=O)Cc1csc(NS(=O)(=O)c2ccc3oc(=O)[nH]c3c2)n1. The van der Waals surface area contributed by atoms with E-state index in [0.29, 0.717) is 5.69 Å². The third kappa shape index (κ3) is 3.31. The van der Waals surface area contributed by atoms with E-state index in [1.807, 2.05) is 0 Å². The average Bonchev–Trinajstić information content (AvgIpc) is 3.10. The van der Waals surface area contributed by atoms with Gasteiger partial charge < -0.3 is 9.73 Å². The Bertz CT molecular complexity index is 1060. The van der Waals surface area contributed by atoms with E-state index in [1.165, 1.54) is 25.2 Å². The molecule has 11 heteroatoms. The molecule has 24 heavy (non-hydrogen) atoms. The molecule has 126 valence electrons. The molecule has 0 atom stereocenters. The lowest BCUT2D eigenvalue weighted by Crippen LogP contribution is -2.20. The number of hydrogen-bond donors (Lipinski definition) is 3. The van der Waals surface area contributed by atoms with Gasteiger partial charge in [-0.2, -0.15) is 0 Å². The molecule has 0 bridgehead atoms. The third-order valence-corrected chi connectivity index (χ3v) is 5.37. The maximum atomic E-state index is 12.4. The second-order valence-electron chi connectivity index (χ2n) is 4.77. The van der Waals surface area contributed by atoms with Gasteiger partial charge in [-0.1, -0.05) is 0 Å². The highest BCUT2D eigenvalue weighted by Gasteiger charge is 2.18. The number of benzene rings is 1. The Hall–Kier alpha value is -2.66. The molecule has 0 saturated carbocycles. The number of rotatable bonds is 5. The molecule has 3 rings (SSSR count). The number of amides is 1. The number of carbonyl (C=O) groups excluding carboxylic acids is 1. The predicted octanol–water partition coefficient (Wildman–Crippen LogP) is 0.667. The minimum absolute atomic E-state index is 0.0462.